The van der Waals surface area contributed by atoms with E-state index in [4.69, 9.17) is 5.73 Å². The number of nitrogens with zero attached hydrogens (tertiary/aromatic N) is 1. The first-order valence-corrected chi connectivity index (χ1v) is 12.1. The van der Waals surface area contributed by atoms with Gasteiger partial charge in [0.1, 0.15) is 18.1 Å². The highest BCUT2D eigenvalue weighted by molar-refractivity contribution is 7.98. The topological polar surface area (TPSA) is 179 Å². The van der Waals surface area contributed by atoms with Crippen LogP contribution < -0.4 is 21.7 Å². The van der Waals surface area contributed by atoms with Gasteiger partial charge in [0.25, 0.3) is 0 Å². The molecule has 13 heteroatoms. The van der Waals surface area contributed by atoms with Gasteiger partial charge < -0.3 is 31.8 Å². The molecule has 0 saturated carbocycles. The van der Waals surface area contributed by atoms with E-state index in [2.05, 4.69) is 38.5 Å². The van der Waals surface area contributed by atoms with Gasteiger partial charge in [0, 0.05) is 24.1 Å². The molecule has 180 valence electrons. The van der Waals surface area contributed by atoms with Gasteiger partial charge in [0.2, 0.25) is 17.7 Å². The summed E-state index contributed by atoms with van der Waals surface area (Å²) in [5.41, 5.74) is 6.40. The van der Waals surface area contributed by atoms with E-state index in [9.17, 15) is 24.3 Å². The number of H-pyrrole nitrogens is 1. The molecule has 0 aliphatic carbocycles. The number of carbonyl (C=O) groups is 4. The molecule has 0 saturated heterocycles. The number of amides is 3. The zero-order chi connectivity index (χ0) is 24.3. The second kappa shape index (κ2) is 14.0. The number of carboxylic acid groups (broad SMARTS) is 1. The third-order valence-corrected chi connectivity index (χ3v) is 5.63. The van der Waals surface area contributed by atoms with Crippen molar-refractivity contribution in [1.29, 1.82) is 0 Å². The molecule has 1 aromatic heterocycles. The molecule has 4 atom stereocenters. The van der Waals surface area contributed by atoms with Crippen LogP contribution >= 0.6 is 24.4 Å². The fourth-order valence-corrected chi connectivity index (χ4v) is 3.46. The highest BCUT2D eigenvalue weighted by atomic mass is 32.2. The Labute approximate surface area is 196 Å². The van der Waals surface area contributed by atoms with Gasteiger partial charge in [-0.3, -0.25) is 14.4 Å². The maximum atomic E-state index is 12.8. The molecule has 0 spiro atoms. The van der Waals surface area contributed by atoms with Crippen molar-refractivity contribution in [2.45, 2.75) is 50.9 Å². The number of carbonyl (C=O) groups excluding carboxylic acids is 3. The molecular weight excluding hydrogens is 456 g/mol. The van der Waals surface area contributed by atoms with Crippen LogP contribution in [0.5, 0.6) is 0 Å². The number of nitrogens with one attached hydrogen (secondary N) is 4. The Morgan fingerprint density at radius 1 is 1.16 bits per heavy atom. The predicted octanol–water partition coefficient (Wildman–Crippen LogP) is -0.843. The largest absolute Gasteiger partial charge is 0.480 e. The Balaban J connectivity index is 2.78. The number of nitrogens with two attached hydrogens (primary N) is 1. The lowest BCUT2D eigenvalue weighted by Gasteiger charge is -2.26. The molecule has 0 radical (unpaired) electrons. The van der Waals surface area contributed by atoms with Crippen molar-refractivity contribution in [2.24, 2.45) is 11.7 Å². The standard InChI is InChI=1S/C19H32N6O5S2/c1-10(2)15(25-16(26)12(20)4-5-32-3)18(28)24-14(8-31)17(27)23-13(19(29)30)6-11-7-21-9-22-11/h7,9-10,12-15,31H,4-6,8,20H2,1-3H3,(H,21,22)(H,23,27)(H,24,28)(H,25,26)(H,29,30). The normalized spacial score (nSPS) is 14.8. The number of carboxylic acids is 1. The Hall–Kier alpha value is -2.25. The molecule has 11 nitrogen and oxygen atoms in total. The van der Waals surface area contributed by atoms with Gasteiger partial charge in [0.05, 0.1) is 12.4 Å². The zero-order valence-corrected chi connectivity index (χ0v) is 20.0. The highest BCUT2D eigenvalue weighted by Gasteiger charge is 2.31. The predicted molar refractivity (Wildman–Crippen MR) is 125 cm³/mol. The van der Waals surface area contributed by atoms with Gasteiger partial charge in [-0.15, -0.1) is 0 Å². The fraction of sp³-hybridized carbons (Fsp3) is 0.632. The summed E-state index contributed by atoms with van der Waals surface area (Å²) in [5.74, 6) is -2.61. The molecular formula is C19H32N6O5S2. The van der Waals surface area contributed by atoms with E-state index in [0.29, 0.717) is 17.9 Å². The van der Waals surface area contributed by atoms with Crippen LogP contribution in [0.25, 0.3) is 0 Å². The quantitative estimate of drug-likeness (QED) is 0.166. The molecule has 0 aliphatic rings. The summed E-state index contributed by atoms with van der Waals surface area (Å²) in [7, 11) is 0. The number of imidazole rings is 1. The molecule has 0 aliphatic heterocycles. The number of aliphatic carboxylic acids is 1. The van der Waals surface area contributed by atoms with E-state index < -0.39 is 47.9 Å². The molecule has 7 N–H and O–H groups in total. The minimum atomic E-state index is -1.23. The lowest BCUT2D eigenvalue weighted by Crippen LogP contribution is -2.59. The Morgan fingerprint density at radius 3 is 2.31 bits per heavy atom. The van der Waals surface area contributed by atoms with Crippen molar-refractivity contribution in [1.82, 2.24) is 25.9 Å². The van der Waals surface area contributed by atoms with Crippen LogP contribution in [0.4, 0.5) is 0 Å². The van der Waals surface area contributed by atoms with Crippen molar-refractivity contribution in [3.8, 4) is 0 Å². The van der Waals surface area contributed by atoms with Crippen LogP contribution in [-0.2, 0) is 25.6 Å². The van der Waals surface area contributed by atoms with Crippen LogP contribution in [0.1, 0.15) is 26.0 Å². The summed E-state index contributed by atoms with van der Waals surface area (Å²) >= 11 is 5.67. The molecule has 1 aromatic rings. The average Bonchev–Trinajstić information content (AvgIpc) is 3.25. The monoisotopic (exact) mass is 488 g/mol. The molecule has 3 amide bonds. The smallest absolute Gasteiger partial charge is 0.326 e. The summed E-state index contributed by atoms with van der Waals surface area (Å²) in [6.07, 6.45) is 5.22. The van der Waals surface area contributed by atoms with Crippen LogP contribution in [-0.4, -0.2) is 80.7 Å². The first-order valence-electron chi connectivity index (χ1n) is 10.1. The number of aromatic nitrogens is 2. The third kappa shape index (κ3) is 9.09. The van der Waals surface area contributed by atoms with Crippen molar-refractivity contribution in [2.75, 3.05) is 17.8 Å². The van der Waals surface area contributed by atoms with Gasteiger partial charge in [-0.05, 0) is 24.3 Å². The molecule has 32 heavy (non-hydrogen) atoms. The van der Waals surface area contributed by atoms with E-state index in [1.54, 1.807) is 25.6 Å². The van der Waals surface area contributed by atoms with Crippen molar-refractivity contribution < 1.29 is 24.3 Å². The molecule has 0 aromatic carbocycles. The van der Waals surface area contributed by atoms with Gasteiger partial charge in [-0.2, -0.15) is 24.4 Å². The lowest BCUT2D eigenvalue weighted by molar-refractivity contribution is -0.142. The number of thioether (sulfide) groups is 1. The van der Waals surface area contributed by atoms with Crippen LogP contribution in [0.15, 0.2) is 12.5 Å². The minimum Gasteiger partial charge on any atom is -0.480 e. The van der Waals surface area contributed by atoms with Gasteiger partial charge in [-0.25, -0.2) is 9.78 Å². The second-order valence-corrected chi connectivity index (χ2v) is 8.89. The van der Waals surface area contributed by atoms with E-state index in [1.165, 1.54) is 12.5 Å². The van der Waals surface area contributed by atoms with Crippen LogP contribution in [0.3, 0.4) is 0 Å². The SMILES string of the molecule is CSCCC(N)C(=O)NC(C(=O)NC(CS)C(=O)NC(Cc1cnc[nH]1)C(=O)O)C(C)C. The fourth-order valence-electron chi connectivity index (χ4n) is 2.72. The summed E-state index contributed by atoms with van der Waals surface area (Å²) in [6, 6.07) is -3.99. The molecule has 1 heterocycles. The first-order chi connectivity index (χ1) is 15.1. The van der Waals surface area contributed by atoms with E-state index in [1.807, 2.05) is 6.26 Å². The Morgan fingerprint density at radius 2 is 1.81 bits per heavy atom. The Bertz CT molecular complexity index is 761. The van der Waals surface area contributed by atoms with Crippen molar-refractivity contribution in [3.63, 3.8) is 0 Å². The lowest BCUT2D eigenvalue weighted by atomic mass is 10.0. The second-order valence-electron chi connectivity index (χ2n) is 7.54. The number of thiol groups is 1. The molecule has 0 bridgehead atoms. The van der Waals surface area contributed by atoms with E-state index in [0.717, 1.165) is 0 Å². The summed E-state index contributed by atoms with van der Waals surface area (Å²) in [4.78, 5) is 55.9. The molecule has 4 unspecified atom stereocenters. The zero-order valence-electron chi connectivity index (χ0n) is 18.3. The maximum Gasteiger partial charge on any atom is 0.326 e. The molecule has 0 fully saturated rings. The van der Waals surface area contributed by atoms with Crippen molar-refractivity contribution in [3.05, 3.63) is 18.2 Å². The number of hydrogen-bond acceptors (Lipinski definition) is 8. The number of hydrogen-bond donors (Lipinski definition) is 7. The van der Waals surface area contributed by atoms with E-state index in [-0.39, 0.29) is 18.1 Å². The van der Waals surface area contributed by atoms with Crippen molar-refractivity contribution >= 4 is 48.1 Å². The third-order valence-electron chi connectivity index (χ3n) is 4.63. The first kappa shape index (κ1) is 27.8. The summed E-state index contributed by atoms with van der Waals surface area (Å²) in [5, 5.41) is 17.0. The highest BCUT2D eigenvalue weighted by Crippen LogP contribution is 2.06. The maximum absolute atomic E-state index is 12.8. The average molecular weight is 489 g/mol. The summed E-state index contributed by atoms with van der Waals surface area (Å²) in [6.45, 7) is 3.50. The summed E-state index contributed by atoms with van der Waals surface area (Å²) < 4.78 is 0. The van der Waals surface area contributed by atoms with Crippen LogP contribution in [0, 0.1) is 5.92 Å². The van der Waals surface area contributed by atoms with E-state index >= 15 is 0 Å². The Kier molecular flexibility index (Phi) is 12.2. The molecule has 1 rings (SSSR count). The number of rotatable bonds is 14. The van der Waals surface area contributed by atoms with Crippen LogP contribution in [0.2, 0.25) is 0 Å². The van der Waals surface area contributed by atoms with Gasteiger partial charge in [0.15, 0.2) is 0 Å². The van der Waals surface area contributed by atoms with Gasteiger partial charge in [-0.1, -0.05) is 13.8 Å². The number of aromatic amines is 1. The van der Waals surface area contributed by atoms with Gasteiger partial charge >= 0.3 is 5.97 Å². The minimum absolute atomic E-state index is 0.00702.